The predicted molar refractivity (Wildman–Crippen MR) is 99.6 cm³/mol. The number of aryl methyl sites for hydroxylation is 2. The molecule has 0 spiro atoms. The van der Waals surface area contributed by atoms with E-state index in [1.54, 1.807) is 12.4 Å². The fourth-order valence-corrected chi connectivity index (χ4v) is 2.69. The molecule has 132 valence electrons. The van der Waals surface area contributed by atoms with Crippen molar-refractivity contribution in [2.45, 2.75) is 45.2 Å². The van der Waals surface area contributed by atoms with Gasteiger partial charge >= 0.3 is 0 Å². The average Bonchev–Trinajstić information content (AvgIpc) is 3.19. The fourth-order valence-electron chi connectivity index (χ4n) is 2.69. The predicted octanol–water partition coefficient (Wildman–Crippen LogP) is 3.41. The second kappa shape index (κ2) is 9.53. The minimum atomic E-state index is 0. The molecule has 0 saturated heterocycles. The normalized spacial score (nSPS) is 13.5. The number of azo groups is 1. The summed E-state index contributed by atoms with van der Waals surface area (Å²) in [5.41, 5.74) is 6.28. The Morgan fingerprint density at radius 1 is 1.21 bits per heavy atom. The first kappa shape index (κ1) is 18.6. The lowest BCUT2D eigenvalue weighted by atomic mass is 10.2. The topological polar surface area (TPSA) is 98.4 Å². The van der Waals surface area contributed by atoms with Gasteiger partial charge in [0.25, 0.3) is 0 Å². The molecule has 8 nitrogen and oxygen atoms in total. The van der Waals surface area contributed by atoms with Crippen LogP contribution in [-0.2, 0) is 13.1 Å². The number of aromatic nitrogens is 4. The van der Waals surface area contributed by atoms with Crippen LogP contribution in [0.1, 0.15) is 32.1 Å². The highest BCUT2D eigenvalue weighted by atomic mass is 79.9. The number of nitrogens with one attached hydrogen (secondary N) is 1. The van der Waals surface area contributed by atoms with Gasteiger partial charge in [0, 0.05) is 32.0 Å². The lowest BCUT2D eigenvalue weighted by molar-refractivity contribution is 0.567. The van der Waals surface area contributed by atoms with E-state index in [0.717, 1.165) is 56.9 Å². The molecular weight excluding hydrogens is 372 g/mol. The Labute approximate surface area is 152 Å². The third kappa shape index (κ3) is 4.64. The fraction of sp³-hybridized carbons (Fsp3) is 0.600. The van der Waals surface area contributed by atoms with E-state index in [4.69, 9.17) is 5.73 Å². The molecule has 1 aliphatic rings. The number of rotatable bonds is 8. The maximum absolute atomic E-state index is 5.51. The van der Waals surface area contributed by atoms with E-state index < -0.39 is 0 Å². The summed E-state index contributed by atoms with van der Waals surface area (Å²) in [4.78, 5) is 4.28. The lowest BCUT2D eigenvalue weighted by Crippen LogP contribution is -2.17. The van der Waals surface area contributed by atoms with Gasteiger partial charge < -0.3 is 15.6 Å². The zero-order chi connectivity index (χ0) is 15.9. The van der Waals surface area contributed by atoms with Crippen molar-refractivity contribution in [2.75, 3.05) is 18.4 Å². The largest absolute Gasteiger partial charge is 0.368 e. The van der Waals surface area contributed by atoms with Crippen LogP contribution in [0, 0.1) is 0 Å². The van der Waals surface area contributed by atoms with E-state index >= 15 is 0 Å². The van der Waals surface area contributed by atoms with Crippen molar-refractivity contribution in [1.82, 2.24) is 19.3 Å². The molecule has 0 aromatic carbocycles. The van der Waals surface area contributed by atoms with E-state index in [9.17, 15) is 0 Å². The first-order valence-electron chi connectivity index (χ1n) is 8.31. The summed E-state index contributed by atoms with van der Waals surface area (Å²) in [6.45, 7) is 3.55. The molecule has 0 radical (unpaired) electrons. The number of nitrogens with zero attached hydrogens (tertiary/aromatic N) is 6. The number of halogens is 1. The highest BCUT2D eigenvalue weighted by molar-refractivity contribution is 8.93. The van der Waals surface area contributed by atoms with Crippen molar-refractivity contribution in [3.05, 3.63) is 18.6 Å². The Balaban J connectivity index is 0.00000208. The number of nitrogens with two attached hydrogens (primary N) is 1. The van der Waals surface area contributed by atoms with Gasteiger partial charge in [0.15, 0.2) is 5.82 Å². The molecule has 3 rings (SSSR count). The smallest absolute Gasteiger partial charge is 0.249 e. The third-order valence-corrected chi connectivity index (χ3v) is 3.95. The average molecular weight is 397 g/mol. The van der Waals surface area contributed by atoms with Crippen molar-refractivity contribution in [2.24, 2.45) is 16.0 Å². The van der Waals surface area contributed by atoms with Gasteiger partial charge in [-0.25, -0.2) is 9.67 Å². The Hall–Kier alpha value is -1.74. The first-order valence-corrected chi connectivity index (χ1v) is 8.31. The van der Waals surface area contributed by atoms with Crippen molar-refractivity contribution in [3.8, 4) is 0 Å². The molecule has 0 aliphatic carbocycles. The standard InChI is InChI=1S/C15H24N8.BrH/c16-6-3-1-2-4-9-22-11-8-18-15(22)21-20-13-12-19-23-10-5-7-17-14(13)23;/h8,11-12,17H,1-7,9-10,16H2;1H/b21-20+;. The van der Waals surface area contributed by atoms with Gasteiger partial charge in [-0.15, -0.1) is 27.2 Å². The van der Waals surface area contributed by atoms with Gasteiger partial charge in [-0.1, -0.05) is 12.8 Å². The molecule has 0 atom stereocenters. The van der Waals surface area contributed by atoms with Crippen LogP contribution in [0.5, 0.6) is 0 Å². The molecule has 24 heavy (non-hydrogen) atoms. The van der Waals surface area contributed by atoms with Crippen LogP contribution in [0.3, 0.4) is 0 Å². The van der Waals surface area contributed by atoms with Crippen LogP contribution in [0.2, 0.25) is 0 Å². The van der Waals surface area contributed by atoms with Crippen molar-refractivity contribution >= 4 is 34.4 Å². The van der Waals surface area contributed by atoms with E-state index in [0.29, 0.717) is 5.95 Å². The van der Waals surface area contributed by atoms with Crippen molar-refractivity contribution in [3.63, 3.8) is 0 Å². The number of unbranched alkanes of at least 4 members (excludes halogenated alkanes) is 3. The Bertz CT molecular complexity index is 648. The van der Waals surface area contributed by atoms with Crippen molar-refractivity contribution in [1.29, 1.82) is 0 Å². The molecular formula is C15H25BrN8. The molecule has 0 bridgehead atoms. The molecule has 0 saturated carbocycles. The van der Waals surface area contributed by atoms with E-state index in [-0.39, 0.29) is 17.0 Å². The maximum Gasteiger partial charge on any atom is 0.249 e. The van der Waals surface area contributed by atoms with Crippen LogP contribution in [0.15, 0.2) is 28.8 Å². The molecule has 0 fully saturated rings. The zero-order valence-corrected chi connectivity index (χ0v) is 15.5. The van der Waals surface area contributed by atoms with E-state index in [1.807, 2.05) is 15.4 Å². The monoisotopic (exact) mass is 396 g/mol. The minimum absolute atomic E-state index is 0. The first-order chi connectivity index (χ1) is 11.4. The molecule has 3 N–H and O–H groups in total. The number of hydrogen-bond donors (Lipinski definition) is 2. The quantitative estimate of drug-likeness (QED) is 0.527. The molecule has 0 unspecified atom stereocenters. The Kier molecular flexibility index (Phi) is 7.38. The molecule has 2 aromatic heterocycles. The highest BCUT2D eigenvalue weighted by Crippen LogP contribution is 2.28. The lowest BCUT2D eigenvalue weighted by Gasteiger charge is -2.15. The minimum Gasteiger partial charge on any atom is -0.368 e. The van der Waals surface area contributed by atoms with Gasteiger partial charge in [-0.3, -0.25) is 0 Å². The second-order valence-corrected chi connectivity index (χ2v) is 5.71. The number of anilines is 1. The summed E-state index contributed by atoms with van der Waals surface area (Å²) >= 11 is 0. The molecule has 2 aromatic rings. The summed E-state index contributed by atoms with van der Waals surface area (Å²) in [7, 11) is 0. The van der Waals surface area contributed by atoms with Crippen LogP contribution < -0.4 is 11.1 Å². The summed E-state index contributed by atoms with van der Waals surface area (Å²) in [6.07, 6.45) is 11.1. The number of hydrogen-bond acceptors (Lipinski definition) is 6. The molecule has 9 heteroatoms. The Morgan fingerprint density at radius 3 is 2.96 bits per heavy atom. The van der Waals surface area contributed by atoms with Gasteiger partial charge in [0.1, 0.15) is 5.69 Å². The summed E-state index contributed by atoms with van der Waals surface area (Å²) in [6, 6.07) is 0. The molecule has 0 amide bonds. The maximum atomic E-state index is 5.51. The summed E-state index contributed by atoms with van der Waals surface area (Å²) < 4.78 is 3.97. The SMILES string of the molecule is Br.NCCCCCCn1ccnc1/N=N/c1cnn2c1NCCC2. The Morgan fingerprint density at radius 2 is 2.08 bits per heavy atom. The van der Waals surface area contributed by atoms with Crippen LogP contribution in [0.25, 0.3) is 0 Å². The second-order valence-electron chi connectivity index (χ2n) is 5.71. The summed E-state index contributed by atoms with van der Waals surface area (Å²) in [5, 5.41) is 16.3. The molecule has 3 heterocycles. The zero-order valence-electron chi connectivity index (χ0n) is 13.8. The van der Waals surface area contributed by atoms with Crippen molar-refractivity contribution < 1.29 is 0 Å². The van der Waals surface area contributed by atoms with Gasteiger partial charge in [-0.05, 0) is 25.8 Å². The van der Waals surface area contributed by atoms with E-state index in [2.05, 4.69) is 25.6 Å². The van der Waals surface area contributed by atoms with Gasteiger partial charge in [-0.2, -0.15) is 5.10 Å². The third-order valence-electron chi connectivity index (χ3n) is 3.95. The van der Waals surface area contributed by atoms with Gasteiger partial charge in [0.05, 0.1) is 6.20 Å². The molecule has 1 aliphatic heterocycles. The van der Waals surface area contributed by atoms with Crippen LogP contribution in [0.4, 0.5) is 17.5 Å². The highest BCUT2D eigenvalue weighted by Gasteiger charge is 2.14. The summed E-state index contributed by atoms with van der Waals surface area (Å²) in [5.74, 6) is 1.58. The van der Waals surface area contributed by atoms with Gasteiger partial charge in [0.2, 0.25) is 5.95 Å². The number of fused-ring (bicyclic) bond motifs is 1. The van der Waals surface area contributed by atoms with Crippen LogP contribution in [-0.4, -0.2) is 32.4 Å². The van der Waals surface area contributed by atoms with Crippen LogP contribution >= 0.6 is 17.0 Å². The number of imidazole rings is 1. The van der Waals surface area contributed by atoms with E-state index in [1.165, 1.54) is 12.8 Å².